The molecule has 0 unspecified atom stereocenters. The highest BCUT2D eigenvalue weighted by atomic mass is 16.4. The molecular weight excluding hydrogens is 216 g/mol. The quantitative estimate of drug-likeness (QED) is 0.796. The van der Waals surface area contributed by atoms with E-state index in [0.717, 1.165) is 6.29 Å². The van der Waals surface area contributed by atoms with Crippen LogP contribution in [0.3, 0.4) is 0 Å². The van der Waals surface area contributed by atoms with Gasteiger partial charge in [-0.2, -0.15) is 0 Å². The van der Waals surface area contributed by atoms with E-state index in [-0.39, 0.29) is 5.56 Å². The number of aryl methyl sites for hydroxylation is 2. The van der Waals surface area contributed by atoms with Gasteiger partial charge in [0, 0.05) is 5.56 Å². The summed E-state index contributed by atoms with van der Waals surface area (Å²) in [5.41, 5.74) is 2.20. The normalized spacial score (nSPS) is 8.12. The Morgan fingerprint density at radius 1 is 1.06 bits per heavy atom. The molecule has 96 valence electrons. The van der Waals surface area contributed by atoms with Gasteiger partial charge in [0.05, 0.1) is 5.56 Å². The van der Waals surface area contributed by atoms with E-state index in [1.807, 2.05) is 27.7 Å². The van der Waals surface area contributed by atoms with Crippen LogP contribution in [0.15, 0.2) is 12.1 Å². The van der Waals surface area contributed by atoms with Crippen LogP contribution in [0.2, 0.25) is 0 Å². The fourth-order valence-corrected chi connectivity index (χ4v) is 1.28. The van der Waals surface area contributed by atoms with Crippen molar-refractivity contribution in [3.63, 3.8) is 0 Å². The topological polar surface area (TPSA) is 54.4 Å². The minimum Gasteiger partial charge on any atom is -0.478 e. The van der Waals surface area contributed by atoms with Crippen LogP contribution in [0.25, 0.3) is 0 Å². The molecule has 17 heavy (non-hydrogen) atoms. The molecule has 1 aromatic rings. The molecule has 0 atom stereocenters. The van der Waals surface area contributed by atoms with Crippen LogP contribution in [-0.4, -0.2) is 17.4 Å². The minimum atomic E-state index is -0.969. The molecule has 0 heterocycles. The van der Waals surface area contributed by atoms with E-state index in [4.69, 9.17) is 5.11 Å². The monoisotopic (exact) mass is 238 g/mol. The van der Waals surface area contributed by atoms with Crippen LogP contribution in [0.5, 0.6) is 0 Å². The number of aldehydes is 1. The van der Waals surface area contributed by atoms with E-state index < -0.39 is 5.97 Å². The van der Waals surface area contributed by atoms with E-state index in [2.05, 4.69) is 0 Å². The zero-order chi connectivity index (χ0) is 14.0. The summed E-state index contributed by atoms with van der Waals surface area (Å²) in [6.45, 7) is 11.5. The smallest absolute Gasteiger partial charge is 0.335 e. The molecule has 0 spiro atoms. The third-order valence-electron chi connectivity index (χ3n) is 1.96. The van der Waals surface area contributed by atoms with Gasteiger partial charge in [-0.1, -0.05) is 27.7 Å². The number of carbonyl (C=O) groups excluding carboxylic acids is 1. The molecule has 0 amide bonds. The van der Waals surface area contributed by atoms with Gasteiger partial charge in [0.25, 0.3) is 0 Å². The first-order valence-corrected chi connectivity index (χ1v) is 5.86. The Morgan fingerprint density at radius 3 is 1.65 bits per heavy atom. The first-order valence-electron chi connectivity index (χ1n) is 5.86. The van der Waals surface area contributed by atoms with Gasteiger partial charge in [-0.05, 0) is 37.1 Å². The molecule has 0 aromatic heterocycles. The lowest BCUT2D eigenvalue weighted by atomic mass is 10.0. The molecule has 1 N–H and O–H groups in total. The van der Waals surface area contributed by atoms with Crippen molar-refractivity contribution in [1.82, 2.24) is 0 Å². The van der Waals surface area contributed by atoms with Gasteiger partial charge in [-0.25, -0.2) is 4.79 Å². The van der Waals surface area contributed by atoms with Gasteiger partial charge in [-0.15, -0.1) is 0 Å². The molecule has 0 saturated heterocycles. The molecule has 0 radical (unpaired) electrons. The SMILES string of the molecule is CC.CC.Cc1cc(C(=O)O)cc(C)c1C=O. The van der Waals surface area contributed by atoms with Crippen molar-refractivity contribution in [1.29, 1.82) is 0 Å². The number of rotatable bonds is 2. The van der Waals surface area contributed by atoms with Crippen LogP contribution in [-0.2, 0) is 0 Å². The maximum Gasteiger partial charge on any atom is 0.335 e. The van der Waals surface area contributed by atoms with Gasteiger partial charge in [0.15, 0.2) is 6.29 Å². The van der Waals surface area contributed by atoms with Gasteiger partial charge >= 0.3 is 5.97 Å². The van der Waals surface area contributed by atoms with Crippen LogP contribution in [0.1, 0.15) is 59.5 Å². The molecule has 0 saturated carbocycles. The standard InChI is InChI=1S/C10H10O3.2C2H6/c1-6-3-8(10(12)13)4-7(2)9(6)5-11;2*1-2/h3-5H,1-2H3,(H,12,13);2*1-2H3. The van der Waals surface area contributed by atoms with Gasteiger partial charge < -0.3 is 5.11 Å². The average Bonchev–Trinajstić information content (AvgIpc) is 2.33. The summed E-state index contributed by atoms with van der Waals surface area (Å²) < 4.78 is 0. The lowest BCUT2D eigenvalue weighted by molar-refractivity contribution is 0.0696. The Bertz CT molecular complexity index is 345. The van der Waals surface area contributed by atoms with Crippen molar-refractivity contribution >= 4 is 12.3 Å². The van der Waals surface area contributed by atoms with Crippen molar-refractivity contribution in [2.24, 2.45) is 0 Å². The average molecular weight is 238 g/mol. The van der Waals surface area contributed by atoms with Crippen molar-refractivity contribution < 1.29 is 14.7 Å². The molecular formula is C14H22O3. The molecule has 0 aliphatic rings. The van der Waals surface area contributed by atoms with Crippen molar-refractivity contribution in [3.05, 3.63) is 34.4 Å². The molecule has 1 rings (SSSR count). The summed E-state index contributed by atoms with van der Waals surface area (Å²) in [7, 11) is 0. The second kappa shape index (κ2) is 9.58. The number of carboxylic acid groups (broad SMARTS) is 1. The molecule has 3 heteroatoms. The van der Waals surface area contributed by atoms with Crippen LogP contribution < -0.4 is 0 Å². The predicted octanol–water partition coefficient (Wildman–Crippen LogP) is 3.87. The first-order chi connectivity index (χ1) is 8.06. The number of carbonyl (C=O) groups is 2. The number of hydrogen-bond donors (Lipinski definition) is 1. The van der Waals surface area contributed by atoms with Crippen molar-refractivity contribution in [2.45, 2.75) is 41.5 Å². The molecule has 0 fully saturated rings. The van der Waals surface area contributed by atoms with E-state index in [1.54, 1.807) is 13.8 Å². The highest BCUT2D eigenvalue weighted by Crippen LogP contribution is 2.14. The zero-order valence-corrected chi connectivity index (χ0v) is 11.5. The summed E-state index contributed by atoms with van der Waals surface area (Å²) >= 11 is 0. The maximum absolute atomic E-state index is 10.6. The van der Waals surface area contributed by atoms with Crippen molar-refractivity contribution in [3.8, 4) is 0 Å². The fraction of sp³-hybridized carbons (Fsp3) is 0.429. The number of benzene rings is 1. The Labute approximate surface area is 103 Å². The lowest BCUT2D eigenvalue weighted by Gasteiger charge is -2.04. The summed E-state index contributed by atoms with van der Waals surface area (Å²) in [5, 5.41) is 8.71. The maximum atomic E-state index is 10.6. The van der Waals surface area contributed by atoms with Gasteiger partial charge in [0.2, 0.25) is 0 Å². The zero-order valence-electron chi connectivity index (χ0n) is 11.5. The molecule has 3 nitrogen and oxygen atoms in total. The highest BCUT2D eigenvalue weighted by Gasteiger charge is 2.08. The Hall–Kier alpha value is -1.64. The van der Waals surface area contributed by atoms with E-state index >= 15 is 0 Å². The molecule has 0 aliphatic heterocycles. The largest absolute Gasteiger partial charge is 0.478 e. The summed E-state index contributed by atoms with van der Waals surface area (Å²) in [5.74, 6) is -0.969. The second-order valence-electron chi connectivity index (χ2n) is 2.95. The van der Waals surface area contributed by atoms with Crippen LogP contribution >= 0.6 is 0 Å². The van der Waals surface area contributed by atoms with Crippen LogP contribution in [0.4, 0.5) is 0 Å². The molecule has 0 bridgehead atoms. The summed E-state index contributed by atoms with van der Waals surface area (Å²) in [4.78, 5) is 21.2. The first kappa shape index (κ1) is 17.7. The highest BCUT2D eigenvalue weighted by molar-refractivity contribution is 5.90. The molecule has 1 aromatic carbocycles. The second-order valence-corrected chi connectivity index (χ2v) is 2.95. The van der Waals surface area contributed by atoms with Crippen molar-refractivity contribution in [2.75, 3.05) is 0 Å². The Kier molecular flexibility index (Phi) is 10.00. The van der Waals surface area contributed by atoms with Crippen LogP contribution in [0, 0.1) is 13.8 Å². The Morgan fingerprint density at radius 2 is 1.41 bits per heavy atom. The number of aromatic carboxylic acids is 1. The summed E-state index contributed by atoms with van der Waals surface area (Å²) in [6.07, 6.45) is 0.746. The van der Waals surface area contributed by atoms with E-state index in [9.17, 15) is 9.59 Å². The third kappa shape index (κ3) is 5.29. The lowest BCUT2D eigenvalue weighted by Crippen LogP contribution is -2.00. The Balaban J connectivity index is 0. The van der Waals surface area contributed by atoms with E-state index in [1.165, 1.54) is 12.1 Å². The third-order valence-corrected chi connectivity index (χ3v) is 1.96. The fourth-order valence-electron chi connectivity index (χ4n) is 1.28. The summed E-state index contributed by atoms with van der Waals surface area (Å²) in [6, 6.07) is 3.00. The number of carboxylic acids is 1. The minimum absolute atomic E-state index is 0.223. The van der Waals surface area contributed by atoms with Gasteiger partial charge in [-0.3, -0.25) is 4.79 Å². The predicted molar refractivity (Wildman–Crippen MR) is 71.0 cm³/mol. The van der Waals surface area contributed by atoms with E-state index in [0.29, 0.717) is 16.7 Å². The van der Waals surface area contributed by atoms with Gasteiger partial charge in [0.1, 0.15) is 0 Å². The number of hydrogen-bond acceptors (Lipinski definition) is 2. The molecule has 0 aliphatic carbocycles.